The summed E-state index contributed by atoms with van der Waals surface area (Å²) in [5, 5.41) is 13.0. The van der Waals surface area contributed by atoms with Crippen molar-refractivity contribution in [3.63, 3.8) is 0 Å². The number of aliphatic hydroxyl groups excluding tert-OH is 1. The fourth-order valence-corrected chi connectivity index (χ4v) is 9.81. The Labute approximate surface area is 761 Å². The van der Waals surface area contributed by atoms with Gasteiger partial charge in [0.25, 0.3) is 0 Å². The molecule has 2 aliphatic rings. The van der Waals surface area contributed by atoms with Crippen molar-refractivity contribution in [2.75, 3.05) is 54.4 Å². The molecule has 2 aliphatic carbocycles. The molecule has 0 aromatic heterocycles. The third-order valence-corrected chi connectivity index (χ3v) is 19.1. The number of likely N-dealkylation sites (N-methyl/N-ethyl adjacent to an activating group) is 2. The van der Waals surface area contributed by atoms with Crippen molar-refractivity contribution in [1.82, 2.24) is 24.7 Å². The van der Waals surface area contributed by atoms with Crippen LogP contribution in [0, 0.1) is 68.0 Å². The van der Waals surface area contributed by atoms with E-state index >= 15 is 0 Å². The minimum atomic E-state index is -3.26. The maximum absolute atomic E-state index is 11.8. The van der Waals surface area contributed by atoms with Gasteiger partial charge in [-0.05, 0) is 250 Å². The summed E-state index contributed by atoms with van der Waals surface area (Å²) in [5.74, 6) is 4.73. The molecule has 0 aromatic carbocycles. The summed E-state index contributed by atoms with van der Waals surface area (Å²) in [4.78, 5) is 105. The van der Waals surface area contributed by atoms with E-state index in [2.05, 4.69) is 122 Å². The Balaban J connectivity index is -0.000000143. The number of sulfone groups is 1. The quantitative estimate of drug-likeness (QED) is 0.0547. The summed E-state index contributed by atoms with van der Waals surface area (Å²) < 4.78 is 45.1. The van der Waals surface area contributed by atoms with Gasteiger partial charge in [0.05, 0.1) is 4.75 Å². The van der Waals surface area contributed by atoms with E-state index in [1.165, 1.54) is 67.6 Å². The van der Waals surface area contributed by atoms with Gasteiger partial charge in [-0.25, -0.2) is 21.6 Å². The summed E-state index contributed by atoms with van der Waals surface area (Å²) in [6.45, 7) is 94.7. The molecule has 0 heterocycles. The van der Waals surface area contributed by atoms with E-state index in [0.717, 1.165) is 55.3 Å². The van der Waals surface area contributed by atoms with E-state index in [0.29, 0.717) is 25.0 Å². The SMILES string of the molecule is C#CC(=O)C(C)(C)C.C#CC(=O)CC(C)(C)C.C=C(C1=CCCC1)C(C)(C)C.C=CC(=O)C(C)(C)C.C=CC(=O)N(CCC)C(C)(C)C.C=CC(=O)NC(C)(C)C.C=CS(=O)(=O)C(C)(C)C.C=CS(=O)(=O)NC(C)(C)C.CC(C)(C)C(=O)/C=C/CCO.CC(C)(C)C(=O)C1=CCCCC1.CN(C)C/C=C/C(=O)C(C)(C)C.CN(C)C/C=C/C(=O)CC(C)(C)C. The number of rotatable bonds is 21. The highest BCUT2D eigenvalue weighted by molar-refractivity contribution is 7.95. The third kappa shape index (κ3) is 90.9. The number of sulfonamides is 1. The Morgan fingerprint density at radius 3 is 1.10 bits per heavy atom. The fourth-order valence-electron chi connectivity index (χ4n) is 8.37. The van der Waals surface area contributed by atoms with Crippen LogP contribution in [0.25, 0.3) is 0 Å². The van der Waals surface area contributed by atoms with Gasteiger partial charge < -0.3 is 25.1 Å². The Hall–Kier alpha value is -7.37. The lowest BCUT2D eigenvalue weighted by Gasteiger charge is -2.34. The number of aliphatic hydroxyl groups is 1. The predicted molar refractivity (Wildman–Crippen MR) is 533 cm³/mol. The van der Waals surface area contributed by atoms with Gasteiger partial charge in [0.1, 0.15) is 0 Å². The first-order valence-electron chi connectivity index (χ1n) is 42.8. The van der Waals surface area contributed by atoms with Crippen LogP contribution >= 0.6 is 0 Å². The van der Waals surface area contributed by atoms with E-state index in [1.54, 1.807) is 80.5 Å². The van der Waals surface area contributed by atoms with Crippen molar-refractivity contribution in [2.45, 2.75) is 348 Å². The van der Waals surface area contributed by atoms with Crippen LogP contribution in [0.5, 0.6) is 0 Å². The zero-order valence-electron chi connectivity index (χ0n) is 86.4. The van der Waals surface area contributed by atoms with Crippen molar-refractivity contribution >= 4 is 72.2 Å². The van der Waals surface area contributed by atoms with Crippen molar-refractivity contribution in [3.05, 3.63) is 134 Å². The molecule has 0 spiro atoms. The van der Waals surface area contributed by atoms with Crippen LogP contribution in [0.2, 0.25) is 0 Å². The van der Waals surface area contributed by atoms with E-state index in [9.17, 15) is 60.0 Å². The average molecular weight is 1780 g/mol. The minimum absolute atomic E-state index is 0.0179. The second-order valence-electron chi connectivity index (χ2n) is 43.1. The second-order valence-corrected chi connectivity index (χ2v) is 47.4. The lowest BCUT2D eigenvalue weighted by atomic mass is 9.82. The van der Waals surface area contributed by atoms with Gasteiger partial charge in [0.2, 0.25) is 33.4 Å². The molecule has 21 heteroatoms. The number of carbonyl (C=O) groups is 9. The van der Waals surface area contributed by atoms with Crippen LogP contribution in [-0.2, 0) is 63.0 Å². The molecule has 0 saturated carbocycles. The van der Waals surface area contributed by atoms with Gasteiger partial charge in [0, 0.05) is 93.6 Å². The first-order chi connectivity index (χ1) is 55.0. The highest BCUT2D eigenvalue weighted by Gasteiger charge is 2.28. The summed E-state index contributed by atoms with van der Waals surface area (Å²) in [5.41, 5.74) is 2.26. The number of nitrogens with zero attached hydrogens (tertiary/aromatic N) is 3. The summed E-state index contributed by atoms with van der Waals surface area (Å²) in [7, 11) is 1.59. The number of amides is 2. The molecule has 0 radical (unpaired) electrons. The summed E-state index contributed by atoms with van der Waals surface area (Å²) >= 11 is 0. The van der Waals surface area contributed by atoms with Crippen molar-refractivity contribution < 1.29 is 65.1 Å². The number of hydrogen-bond donors (Lipinski definition) is 3. The smallest absolute Gasteiger partial charge is 0.246 e. The average Bonchev–Trinajstić information content (AvgIpc) is 1.49. The molecule has 0 aliphatic heterocycles. The summed E-state index contributed by atoms with van der Waals surface area (Å²) in [6, 6.07) is 0. The van der Waals surface area contributed by atoms with Crippen molar-refractivity contribution in [3.8, 4) is 24.7 Å². The zero-order valence-corrected chi connectivity index (χ0v) is 88.1. The maximum atomic E-state index is 11.8. The molecule has 0 unspecified atom stereocenters. The molecular formula is C103H183N5O14S2. The van der Waals surface area contributed by atoms with Gasteiger partial charge in [-0.1, -0.05) is 243 Å². The standard InChI is InChI=1S/C11H21NO.C11H18O.C11H18.2C10H19NO.C9H16O2.C8H12O.C7H13NO.C7H12O.C7H10O.C6H13NO2S.C6H12O2S/c1-11(2,3)9-10(13)7-6-8-12(4)5;1-11(2,3)10(12)9-7-5-4-6-8-9;1-9(11(2,3)4)10-7-5-6-8-10;1-10(2,3)9(12)7-6-8-11(4)5;1-6-8-11(9(12)7-2)10(3,4)5;1-9(2,3)8(11)6-4-5-7-10;1-5-7(9)6-8(2,3)4;1-5-6(9)8-7(2,3)4;2*1-5-6(8)7(2,3)4;1-5-10(8,9)7-6(2,3)4;1-5-9(7,8)6(2,3)4/h6-7H,8-9H2,1-5H3;7H,4-6,8H2,1-3H3;7H,1,5-6,8H2,2-4H3;6-7H,8H2,1-5H3;7H,2,6,8H2,1,3-5H3;4,6,10H,5,7H2,1-3H3;1H,6H2,2-4H3;5H,1H2,2-4H3,(H,8,9);5H,1H2,2-4H3;1H,2-4H3;5,7H,1H2,2-4H3;5H,1H2,2-4H3/b7-6+;;;7-6+;;6-4+;;;;;;. The van der Waals surface area contributed by atoms with E-state index in [-0.39, 0.29) is 108 Å². The number of terminal acetylenes is 2. The Morgan fingerprint density at radius 1 is 0.484 bits per heavy atom. The number of carbonyl (C=O) groups excluding carboxylic acids is 9. The number of nitrogens with one attached hydrogen (secondary N) is 2. The van der Waals surface area contributed by atoms with Crippen LogP contribution in [0.15, 0.2) is 134 Å². The zero-order chi connectivity index (χ0) is 101. The minimum Gasteiger partial charge on any atom is -0.396 e. The summed E-state index contributed by atoms with van der Waals surface area (Å²) in [6.07, 6.45) is 39.6. The van der Waals surface area contributed by atoms with Crippen LogP contribution in [0.1, 0.15) is 327 Å². The van der Waals surface area contributed by atoms with Crippen LogP contribution in [0.4, 0.5) is 0 Å². The van der Waals surface area contributed by atoms with E-state index < -0.39 is 30.1 Å². The molecule has 0 atom stereocenters. The van der Waals surface area contributed by atoms with Crippen LogP contribution < -0.4 is 10.0 Å². The van der Waals surface area contributed by atoms with Gasteiger partial charge in [-0.2, -0.15) is 0 Å². The lowest BCUT2D eigenvalue weighted by Crippen LogP contribution is -2.45. The normalized spacial score (nSPS) is 13.1. The topological polar surface area (TPSA) is 276 Å². The van der Waals surface area contributed by atoms with Gasteiger partial charge in [-0.3, -0.25) is 43.2 Å². The van der Waals surface area contributed by atoms with Crippen LogP contribution in [0.3, 0.4) is 0 Å². The molecule has 124 heavy (non-hydrogen) atoms. The highest BCUT2D eigenvalue weighted by Crippen LogP contribution is 2.35. The molecular weight excluding hydrogens is 1600 g/mol. The Morgan fingerprint density at radius 2 is 0.887 bits per heavy atom. The molecule has 716 valence electrons. The van der Waals surface area contributed by atoms with Gasteiger partial charge >= 0.3 is 0 Å². The Kier molecular flexibility index (Phi) is 71.2. The second kappa shape index (κ2) is 64.4. The third-order valence-electron chi connectivity index (χ3n) is 15.6. The maximum Gasteiger partial charge on any atom is 0.246 e. The molecule has 0 saturated heterocycles. The molecule has 2 amide bonds. The fraction of sp³-hybridized carbons (Fsp3) is 0.660. The van der Waals surface area contributed by atoms with Crippen molar-refractivity contribution in [2.24, 2.45) is 43.3 Å². The van der Waals surface area contributed by atoms with Gasteiger partial charge in [-0.15, -0.1) is 12.8 Å². The number of allylic oxidation sites excluding steroid dienone is 9. The van der Waals surface area contributed by atoms with Crippen LogP contribution in [-0.4, -0.2) is 165 Å². The molecule has 0 aromatic rings. The van der Waals surface area contributed by atoms with E-state index in [4.69, 9.17) is 18.0 Å². The lowest BCUT2D eigenvalue weighted by molar-refractivity contribution is -0.130. The number of Topliss-reactive ketones (excluding diaryl/α,β-unsaturated/α-hetero) is 3. The monoisotopic (exact) mass is 1780 g/mol. The predicted octanol–water partition coefficient (Wildman–Crippen LogP) is 22.3. The number of ketones is 7. The highest BCUT2D eigenvalue weighted by atomic mass is 32.2. The Bertz CT molecular complexity index is 3750. The molecule has 0 bridgehead atoms. The largest absolute Gasteiger partial charge is 0.396 e. The van der Waals surface area contributed by atoms with Crippen molar-refractivity contribution in [1.29, 1.82) is 0 Å². The molecule has 19 nitrogen and oxygen atoms in total. The first-order valence-corrected chi connectivity index (χ1v) is 45.9. The first kappa shape index (κ1) is 137. The van der Waals surface area contributed by atoms with Gasteiger partial charge in [0.15, 0.2) is 38.8 Å². The molecule has 2 rings (SSSR count). The molecule has 3 N–H and O–H groups in total. The van der Waals surface area contributed by atoms with E-state index in [1.807, 2.05) is 200 Å². The molecule has 0 fully saturated rings. The number of hydrogen-bond acceptors (Lipinski definition) is 16.